The van der Waals surface area contributed by atoms with Crippen molar-refractivity contribution in [1.82, 2.24) is 4.57 Å². The third-order valence-corrected chi connectivity index (χ3v) is 8.96. The molecule has 4 saturated carbocycles. The fraction of sp³-hybridized carbons (Fsp3) is 0.818. The first-order valence-electron chi connectivity index (χ1n) is 10.9. The highest BCUT2D eigenvalue weighted by Crippen LogP contribution is 2.60. The van der Waals surface area contributed by atoms with Gasteiger partial charge < -0.3 is 9.30 Å². The van der Waals surface area contributed by atoms with Gasteiger partial charge in [-0.2, -0.15) is 4.99 Å². The van der Waals surface area contributed by atoms with Crippen LogP contribution in [0.2, 0.25) is 0 Å². The van der Waals surface area contributed by atoms with Crippen molar-refractivity contribution < 1.29 is 9.53 Å². The van der Waals surface area contributed by atoms with Crippen LogP contribution in [-0.4, -0.2) is 23.7 Å². The Morgan fingerprint density at radius 1 is 1.11 bits per heavy atom. The molecule has 2 heterocycles. The second-order valence-electron chi connectivity index (χ2n) is 9.81. The number of thiazole rings is 1. The van der Waals surface area contributed by atoms with Crippen LogP contribution in [0.4, 0.5) is 0 Å². The molecule has 6 rings (SSSR count). The van der Waals surface area contributed by atoms with E-state index in [1.165, 1.54) is 29.8 Å². The summed E-state index contributed by atoms with van der Waals surface area (Å²) in [4.78, 5) is 20.5. The highest BCUT2D eigenvalue weighted by Gasteiger charge is 2.54. The zero-order valence-corrected chi connectivity index (χ0v) is 17.5. The first-order valence-corrected chi connectivity index (χ1v) is 11.7. The summed E-state index contributed by atoms with van der Waals surface area (Å²) in [6.07, 6.45) is 9.64. The van der Waals surface area contributed by atoms with Crippen molar-refractivity contribution in [3.63, 3.8) is 0 Å². The van der Waals surface area contributed by atoms with Crippen molar-refractivity contribution in [3.8, 4) is 0 Å². The number of hydrogen-bond donors (Lipinski definition) is 0. The van der Waals surface area contributed by atoms with Crippen LogP contribution in [0.5, 0.6) is 0 Å². The van der Waals surface area contributed by atoms with E-state index >= 15 is 0 Å². The Kier molecular flexibility index (Phi) is 4.59. The average Bonchev–Trinajstić information content (AvgIpc) is 2.89. The molecule has 1 aliphatic heterocycles. The van der Waals surface area contributed by atoms with E-state index < -0.39 is 0 Å². The van der Waals surface area contributed by atoms with Gasteiger partial charge >= 0.3 is 0 Å². The van der Waals surface area contributed by atoms with Crippen molar-refractivity contribution in [1.29, 1.82) is 0 Å². The van der Waals surface area contributed by atoms with Gasteiger partial charge in [0.05, 0.1) is 5.41 Å². The third kappa shape index (κ3) is 3.25. The molecular weight excluding hydrogens is 356 g/mol. The van der Waals surface area contributed by atoms with Gasteiger partial charge in [0.25, 0.3) is 5.91 Å². The van der Waals surface area contributed by atoms with Gasteiger partial charge in [0.15, 0.2) is 4.80 Å². The van der Waals surface area contributed by atoms with Crippen molar-refractivity contribution in [2.24, 2.45) is 34.1 Å². The molecule has 1 amide bonds. The molecule has 4 aliphatic carbocycles. The maximum atomic E-state index is 13.4. The number of aromatic nitrogens is 1. The summed E-state index contributed by atoms with van der Waals surface area (Å²) in [6, 6.07) is 0. The van der Waals surface area contributed by atoms with Crippen molar-refractivity contribution >= 4 is 17.2 Å². The SMILES string of the molecule is Cc1sc(=NC(=O)C23CC4CC(CC(C4)C2)C3)n(CC2CCOCC2)c1C. The highest BCUT2D eigenvalue weighted by molar-refractivity contribution is 7.09. The first kappa shape index (κ1) is 18.1. The number of carbonyl (C=O) groups excluding carboxylic acids is 1. The Bertz CT molecular complexity index is 764. The summed E-state index contributed by atoms with van der Waals surface area (Å²) >= 11 is 1.71. The van der Waals surface area contributed by atoms with Crippen LogP contribution >= 0.6 is 11.3 Å². The summed E-state index contributed by atoms with van der Waals surface area (Å²) in [5, 5.41) is 0. The molecule has 0 atom stereocenters. The summed E-state index contributed by atoms with van der Waals surface area (Å²) in [5.74, 6) is 3.20. The second kappa shape index (κ2) is 6.84. The van der Waals surface area contributed by atoms with Gasteiger partial charge in [-0.3, -0.25) is 4.79 Å². The van der Waals surface area contributed by atoms with Crippen LogP contribution in [0.15, 0.2) is 4.99 Å². The standard InChI is InChI=1S/C22H32N2O2S/c1-14-15(2)27-21(24(14)13-16-3-5-26-6-4-16)23-20(25)22-10-17-7-18(11-22)9-19(8-17)12-22/h16-19H,3-13H2,1-2H3. The molecule has 27 heavy (non-hydrogen) atoms. The number of ether oxygens (including phenoxy) is 1. The minimum atomic E-state index is -0.128. The van der Waals surface area contributed by atoms with E-state index in [0.717, 1.165) is 74.4 Å². The van der Waals surface area contributed by atoms with E-state index in [2.05, 4.69) is 18.4 Å². The predicted molar refractivity (Wildman–Crippen MR) is 107 cm³/mol. The van der Waals surface area contributed by atoms with Gasteiger partial charge in [-0.1, -0.05) is 0 Å². The van der Waals surface area contributed by atoms with Gasteiger partial charge in [-0.05, 0) is 88.9 Å². The summed E-state index contributed by atoms with van der Waals surface area (Å²) in [5.41, 5.74) is 1.15. The number of carbonyl (C=O) groups is 1. The third-order valence-electron chi connectivity index (χ3n) is 7.86. The summed E-state index contributed by atoms with van der Waals surface area (Å²) in [6.45, 7) is 7.05. The smallest absolute Gasteiger partial charge is 0.254 e. The first-order chi connectivity index (χ1) is 13.0. The van der Waals surface area contributed by atoms with Gasteiger partial charge in [0.2, 0.25) is 0 Å². The lowest BCUT2D eigenvalue weighted by molar-refractivity contribution is -0.142. The lowest BCUT2D eigenvalue weighted by atomic mass is 9.49. The molecule has 148 valence electrons. The predicted octanol–water partition coefficient (Wildman–Crippen LogP) is 4.24. The number of nitrogens with zero attached hydrogens (tertiary/aromatic N) is 2. The molecule has 5 heteroatoms. The van der Waals surface area contributed by atoms with Gasteiger partial charge in [-0.15, -0.1) is 11.3 Å². The van der Waals surface area contributed by atoms with E-state index in [9.17, 15) is 4.79 Å². The van der Waals surface area contributed by atoms with Crippen LogP contribution in [-0.2, 0) is 16.1 Å². The fourth-order valence-corrected chi connectivity index (χ4v) is 7.64. The van der Waals surface area contributed by atoms with Crippen molar-refractivity contribution in [3.05, 3.63) is 15.4 Å². The molecule has 1 saturated heterocycles. The van der Waals surface area contributed by atoms with Crippen molar-refractivity contribution in [2.75, 3.05) is 13.2 Å². The zero-order valence-electron chi connectivity index (χ0n) is 16.7. The lowest BCUT2D eigenvalue weighted by Gasteiger charge is -2.55. The maximum absolute atomic E-state index is 13.4. The van der Waals surface area contributed by atoms with Gasteiger partial charge in [-0.25, -0.2) is 0 Å². The highest BCUT2D eigenvalue weighted by atomic mass is 32.1. The molecule has 4 nitrogen and oxygen atoms in total. The summed E-state index contributed by atoms with van der Waals surface area (Å²) < 4.78 is 7.85. The van der Waals surface area contributed by atoms with E-state index in [4.69, 9.17) is 9.73 Å². The average molecular weight is 389 g/mol. The largest absolute Gasteiger partial charge is 0.381 e. The molecule has 0 spiro atoms. The molecule has 0 unspecified atom stereocenters. The van der Waals surface area contributed by atoms with Gasteiger partial charge in [0.1, 0.15) is 0 Å². The molecule has 4 bridgehead atoms. The number of hydrogen-bond acceptors (Lipinski definition) is 3. The monoisotopic (exact) mass is 388 g/mol. The Labute approximate surface area is 166 Å². The Balaban J connectivity index is 1.44. The maximum Gasteiger partial charge on any atom is 0.254 e. The van der Waals surface area contributed by atoms with E-state index in [-0.39, 0.29) is 11.3 Å². The van der Waals surface area contributed by atoms with Crippen LogP contribution in [0.3, 0.4) is 0 Å². The molecule has 5 fully saturated rings. The normalized spacial score (nSPS) is 36.5. The van der Waals surface area contributed by atoms with Crippen LogP contribution in [0.1, 0.15) is 61.9 Å². The number of rotatable bonds is 3. The van der Waals surface area contributed by atoms with Crippen LogP contribution in [0, 0.1) is 42.9 Å². The summed E-state index contributed by atoms with van der Waals surface area (Å²) in [7, 11) is 0. The number of aryl methyl sites for hydroxylation is 1. The molecule has 1 aromatic heterocycles. The topological polar surface area (TPSA) is 43.6 Å². The molecule has 5 aliphatic rings. The Hall–Kier alpha value is -0.940. The molecule has 1 aromatic rings. The van der Waals surface area contributed by atoms with Gasteiger partial charge in [0, 0.05) is 30.3 Å². The lowest BCUT2D eigenvalue weighted by Crippen LogP contribution is -2.50. The molecule has 0 aromatic carbocycles. The number of amides is 1. The van der Waals surface area contributed by atoms with E-state index in [1.807, 2.05) is 0 Å². The molecule has 0 N–H and O–H groups in total. The van der Waals surface area contributed by atoms with Crippen molar-refractivity contribution in [2.45, 2.75) is 71.8 Å². The van der Waals surface area contributed by atoms with E-state index in [1.54, 1.807) is 11.3 Å². The Morgan fingerprint density at radius 3 is 2.30 bits per heavy atom. The zero-order chi connectivity index (χ0) is 18.6. The second-order valence-corrected chi connectivity index (χ2v) is 11.0. The minimum Gasteiger partial charge on any atom is -0.381 e. The molecule has 0 radical (unpaired) electrons. The van der Waals surface area contributed by atoms with Crippen LogP contribution < -0.4 is 4.80 Å². The fourth-order valence-electron chi connectivity index (χ4n) is 6.66. The Morgan fingerprint density at radius 2 is 1.70 bits per heavy atom. The quantitative estimate of drug-likeness (QED) is 0.777. The van der Waals surface area contributed by atoms with Crippen LogP contribution in [0.25, 0.3) is 0 Å². The van der Waals surface area contributed by atoms with E-state index in [0.29, 0.717) is 5.92 Å². The molecular formula is C22H32N2O2S. The minimum absolute atomic E-state index is 0.128.